The largest absolute Gasteiger partial charge is 0.253 e. The van der Waals surface area contributed by atoms with E-state index in [1.54, 1.807) is 12.4 Å². The van der Waals surface area contributed by atoms with Gasteiger partial charge in [0.15, 0.2) is 2.14 Å². The van der Waals surface area contributed by atoms with E-state index >= 15 is 0 Å². The molecule has 0 saturated heterocycles. The molecule has 1 heterocycles. The van der Waals surface area contributed by atoms with Crippen molar-refractivity contribution in [3.63, 3.8) is 0 Å². The lowest BCUT2D eigenvalue weighted by Gasteiger charge is -2.13. The van der Waals surface area contributed by atoms with Crippen LogP contribution < -0.4 is 0 Å². The van der Waals surface area contributed by atoms with Crippen LogP contribution in [0, 0.1) is 0 Å². The summed E-state index contributed by atoms with van der Waals surface area (Å²) in [5.74, 6) is 0. The van der Waals surface area contributed by atoms with Crippen molar-refractivity contribution in [2.75, 3.05) is 0 Å². The van der Waals surface area contributed by atoms with Crippen molar-refractivity contribution in [1.29, 1.82) is 0 Å². The molecular formula is C9H5Br3N2. The van der Waals surface area contributed by atoms with Crippen LogP contribution in [0.25, 0.3) is 11.0 Å². The summed E-state index contributed by atoms with van der Waals surface area (Å²) in [5.41, 5.74) is 2.76. The lowest BCUT2D eigenvalue weighted by Crippen LogP contribution is -2.00. The predicted octanol–water partition coefficient (Wildman–Crippen LogP) is 3.92. The second-order valence-corrected chi connectivity index (χ2v) is 9.49. The Kier molecular flexibility index (Phi) is 2.91. The van der Waals surface area contributed by atoms with Crippen LogP contribution in [0.2, 0.25) is 0 Å². The summed E-state index contributed by atoms with van der Waals surface area (Å²) in [5, 5.41) is 0. The summed E-state index contributed by atoms with van der Waals surface area (Å²) >= 11 is 10.4. The molecule has 1 aromatic heterocycles. The summed E-state index contributed by atoms with van der Waals surface area (Å²) in [6.07, 6.45) is 3.37. The number of hydrogen-bond donors (Lipinski definition) is 0. The van der Waals surface area contributed by atoms with Crippen LogP contribution in [0.5, 0.6) is 0 Å². The molecule has 2 rings (SSSR count). The van der Waals surface area contributed by atoms with Crippen LogP contribution >= 0.6 is 47.8 Å². The molecule has 0 bridgehead atoms. The van der Waals surface area contributed by atoms with Gasteiger partial charge in [0.1, 0.15) is 0 Å². The van der Waals surface area contributed by atoms with Gasteiger partial charge in [-0.05, 0) is 6.07 Å². The number of fused-ring (bicyclic) bond motifs is 1. The molecular weight excluding hydrogens is 376 g/mol. The highest BCUT2D eigenvalue weighted by Crippen LogP contribution is 2.46. The molecule has 0 saturated carbocycles. The van der Waals surface area contributed by atoms with Gasteiger partial charge in [0, 0.05) is 18.0 Å². The second-order valence-electron chi connectivity index (χ2n) is 2.73. The Balaban J connectivity index is 2.78. The second kappa shape index (κ2) is 3.87. The normalized spacial score (nSPS) is 11.9. The molecule has 14 heavy (non-hydrogen) atoms. The van der Waals surface area contributed by atoms with E-state index in [-0.39, 0.29) is 0 Å². The van der Waals surface area contributed by atoms with E-state index in [4.69, 9.17) is 0 Å². The fraction of sp³-hybridized carbons (Fsp3) is 0.111. The average molecular weight is 381 g/mol. The summed E-state index contributed by atoms with van der Waals surface area (Å²) in [6, 6.07) is 5.87. The summed E-state index contributed by atoms with van der Waals surface area (Å²) in [6.45, 7) is 0. The first-order chi connectivity index (χ1) is 6.59. The summed E-state index contributed by atoms with van der Waals surface area (Å²) in [7, 11) is 0. The minimum Gasteiger partial charge on any atom is -0.253 e. The molecule has 0 spiro atoms. The highest BCUT2D eigenvalue weighted by atomic mass is 80.0. The number of nitrogens with zero attached hydrogens (tertiary/aromatic N) is 2. The van der Waals surface area contributed by atoms with E-state index in [2.05, 4.69) is 57.8 Å². The molecule has 2 nitrogen and oxygen atoms in total. The van der Waals surface area contributed by atoms with Crippen LogP contribution in [0.4, 0.5) is 0 Å². The van der Waals surface area contributed by atoms with Gasteiger partial charge >= 0.3 is 0 Å². The Morgan fingerprint density at radius 2 is 1.71 bits per heavy atom. The molecule has 0 unspecified atom stereocenters. The molecule has 0 fully saturated rings. The van der Waals surface area contributed by atoms with Crippen molar-refractivity contribution in [2.24, 2.45) is 0 Å². The van der Waals surface area contributed by atoms with Crippen LogP contribution in [-0.2, 0) is 2.14 Å². The summed E-state index contributed by atoms with van der Waals surface area (Å²) < 4.78 is -0.442. The average Bonchev–Trinajstić information content (AvgIpc) is 2.15. The highest BCUT2D eigenvalue weighted by molar-refractivity contribution is 9.38. The first kappa shape index (κ1) is 10.5. The molecule has 1 aromatic carbocycles. The lowest BCUT2D eigenvalue weighted by atomic mass is 10.2. The van der Waals surface area contributed by atoms with Gasteiger partial charge in [0.25, 0.3) is 0 Å². The standard InChI is InChI=1S/C9H5Br3N2/c10-9(11,12)6-2-1-3-7-8(6)14-5-4-13-7/h1-5H. The van der Waals surface area contributed by atoms with E-state index in [0.29, 0.717) is 0 Å². The van der Waals surface area contributed by atoms with E-state index < -0.39 is 2.14 Å². The van der Waals surface area contributed by atoms with Gasteiger partial charge in [0.2, 0.25) is 0 Å². The third-order valence-corrected chi connectivity index (χ3v) is 3.09. The van der Waals surface area contributed by atoms with Gasteiger partial charge in [-0.2, -0.15) is 0 Å². The zero-order valence-electron chi connectivity index (χ0n) is 6.92. The van der Waals surface area contributed by atoms with Crippen LogP contribution in [0.3, 0.4) is 0 Å². The maximum Gasteiger partial charge on any atom is 0.162 e. The first-order valence-corrected chi connectivity index (χ1v) is 6.24. The minimum absolute atomic E-state index is 0.442. The van der Waals surface area contributed by atoms with Gasteiger partial charge in [0.05, 0.1) is 11.0 Å². The number of aromatic nitrogens is 2. The van der Waals surface area contributed by atoms with Crippen LogP contribution in [0.1, 0.15) is 5.56 Å². The van der Waals surface area contributed by atoms with E-state index in [1.807, 2.05) is 18.2 Å². The topological polar surface area (TPSA) is 25.8 Å². The molecule has 0 aliphatic heterocycles. The smallest absolute Gasteiger partial charge is 0.162 e. The number of para-hydroxylation sites is 1. The number of halogens is 3. The third-order valence-electron chi connectivity index (χ3n) is 1.80. The maximum atomic E-state index is 4.30. The zero-order chi connectivity index (χ0) is 10.2. The van der Waals surface area contributed by atoms with Crippen LogP contribution in [-0.4, -0.2) is 9.97 Å². The van der Waals surface area contributed by atoms with Gasteiger partial charge < -0.3 is 0 Å². The Hall–Kier alpha value is 0.000000000000000278. The molecule has 0 amide bonds. The van der Waals surface area contributed by atoms with Crippen molar-refractivity contribution in [2.45, 2.75) is 2.14 Å². The van der Waals surface area contributed by atoms with Crippen molar-refractivity contribution >= 4 is 58.8 Å². The first-order valence-electron chi connectivity index (χ1n) is 3.86. The van der Waals surface area contributed by atoms with Crippen LogP contribution in [0.15, 0.2) is 30.6 Å². The van der Waals surface area contributed by atoms with Crippen molar-refractivity contribution in [3.05, 3.63) is 36.2 Å². The van der Waals surface area contributed by atoms with Gasteiger partial charge in [-0.1, -0.05) is 59.9 Å². The van der Waals surface area contributed by atoms with Gasteiger partial charge in [-0.15, -0.1) is 0 Å². The zero-order valence-corrected chi connectivity index (χ0v) is 11.7. The van der Waals surface area contributed by atoms with Gasteiger partial charge in [-0.3, -0.25) is 9.97 Å². The molecule has 5 heteroatoms. The molecule has 0 atom stereocenters. The lowest BCUT2D eigenvalue weighted by molar-refractivity contribution is 1.26. The van der Waals surface area contributed by atoms with Gasteiger partial charge in [-0.25, -0.2) is 0 Å². The SMILES string of the molecule is BrC(Br)(Br)c1cccc2nccnc12. The Morgan fingerprint density at radius 1 is 1.00 bits per heavy atom. The number of alkyl halides is 3. The Morgan fingerprint density at radius 3 is 2.43 bits per heavy atom. The Bertz CT molecular complexity index is 460. The number of hydrogen-bond acceptors (Lipinski definition) is 2. The molecule has 2 aromatic rings. The third kappa shape index (κ3) is 1.99. The predicted molar refractivity (Wildman–Crippen MR) is 68.0 cm³/mol. The van der Waals surface area contributed by atoms with E-state index in [1.165, 1.54) is 0 Å². The number of benzene rings is 1. The van der Waals surface area contributed by atoms with E-state index in [9.17, 15) is 0 Å². The Labute approximate surface area is 107 Å². The fourth-order valence-electron chi connectivity index (χ4n) is 1.22. The van der Waals surface area contributed by atoms with Crippen molar-refractivity contribution in [3.8, 4) is 0 Å². The molecule has 0 aliphatic carbocycles. The maximum absolute atomic E-state index is 4.30. The molecule has 0 aliphatic rings. The molecule has 0 radical (unpaired) electrons. The van der Waals surface area contributed by atoms with Crippen molar-refractivity contribution in [1.82, 2.24) is 9.97 Å². The van der Waals surface area contributed by atoms with Crippen molar-refractivity contribution < 1.29 is 0 Å². The van der Waals surface area contributed by atoms with E-state index in [0.717, 1.165) is 16.6 Å². The highest BCUT2D eigenvalue weighted by Gasteiger charge is 2.23. The number of rotatable bonds is 0. The molecule has 0 N–H and O–H groups in total. The molecule has 72 valence electrons. The monoisotopic (exact) mass is 378 g/mol. The minimum atomic E-state index is -0.442. The fourth-order valence-corrected chi connectivity index (χ4v) is 2.18. The summed E-state index contributed by atoms with van der Waals surface area (Å²) in [4.78, 5) is 8.53. The quantitative estimate of drug-likeness (QED) is 0.647.